The lowest BCUT2D eigenvalue weighted by Crippen LogP contribution is -2.42. The zero-order valence-corrected chi connectivity index (χ0v) is 30.3. The zero-order chi connectivity index (χ0) is 35.6. The van der Waals surface area contributed by atoms with E-state index in [4.69, 9.17) is 33.0 Å². The van der Waals surface area contributed by atoms with E-state index in [1.165, 1.54) is 6.07 Å². The molecule has 1 aliphatic heterocycles. The van der Waals surface area contributed by atoms with E-state index in [-0.39, 0.29) is 17.6 Å². The zero-order valence-electron chi connectivity index (χ0n) is 28.8. The molecule has 0 saturated heterocycles. The van der Waals surface area contributed by atoms with Crippen molar-refractivity contribution >= 4 is 62.6 Å². The molecule has 0 spiro atoms. The van der Waals surface area contributed by atoms with Gasteiger partial charge in [-0.15, -0.1) is 0 Å². The second-order valence-electron chi connectivity index (χ2n) is 13.1. The minimum atomic E-state index is -1.10. The molecule has 0 radical (unpaired) electrons. The Labute approximate surface area is 300 Å². The van der Waals surface area contributed by atoms with E-state index in [0.29, 0.717) is 53.3 Å². The highest BCUT2D eigenvalue weighted by atomic mass is 35.5. The van der Waals surface area contributed by atoms with Crippen molar-refractivity contribution in [1.82, 2.24) is 19.3 Å². The molecule has 7 rings (SSSR count). The van der Waals surface area contributed by atoms with Gasteiger partial charge in [0.25, 0.3) is 5.91 Å². The van der Waals surface area contributed by atoms with Crippen LogP contribution in [0.2, 0.25) is 10.0 Å². The van der Waals surface area contributed by atoms with Crippen LogP contribution in [-0.4, -0.2) is 49.5 Å². The van der Waals surface area contributed by atoms with Crippen LogP contribution >= 0.6 is 23.2 Å². The summed E-state index contributed by atoms with van der Waals surface area (Å²) in [5.74, 6) is -0.486. The Balaban J connectivity index is 1.37. The van der Waals surface area contributed by atoms with Gasteiger partial charge in [-0.05, 0) is 107 Å². The third-order valence-electron chi connectivity index (χ3n) is 9.78. The lowest BCUT2D eigenvalue weighted by atomic mass is 9.98. The summed E-state index contributed by atoms with van der Waals surface area (Å²) in [7, 11) is 1.92. The number of halogens is 2. The fourth-order valence-electron chi connectivity index (χ4n) is 7.43. The summed E-state index contributed by atoms with van der Waals surface area (Å²) in [6.07, 6.45) is 1.25. The number of benzene rings is 3. The number of pyridine rings is 1. The van der Waals surface area contributed by atoms with E-state index in [1.807, 2.05) is 75.8 Å². The predicted molar refractivity (Wildman–Crippen MR) is 198 cm³/mol. The standard InChI is InChI=1S/C39H37Cl2N5O4/c1-20-17-25(18-21(2)35(20)41)50-16-8-9-26-27-12-14-29(40)34(33-23(4)43-44(6)24(33)5)36(27)46-22(3)19-45(38(47)37(26)46)32-11-7-10-30-28(32)13-15-31(42-30)39(48)49/h7,10-15,17-18,22H,8-9,16,19H2,1-6H3,(H,48,49)/t22-/m1/s1. The van der Waals surface area contributed by atoms with Gasteiger partial charge in [-0.3, -0.25) is 9.48 Å². The summed E-state index contributed by atoms with van der Waals surface area (Å²) in [4.78, 5) is 32.7. The first kappa shape index (κ1) is 33.6. The molecule has 11 heteroatoms. The van der Waals surface area contributed by atoms with E-state index in [9.17, 15) is 14.7 Å². The highest BCUT2D eigenvalue weighted by Gasteiger charge is 2.37. The normalized spacial score (nSPS) is 14.5. The molecule has 1 atom stereocenters. The summed E-state index contributed by atoms with van der Waals surface area (Å²) in [6, 6.07) is 16.4. The number of ether oxygens (including phenoxy) is 1. The minimum absolute atomic E-state index is 0.0491. The number of aromatic nitrogens is 4. The number of rotatable bonds is 8. The fraction of sp³-hybridized carbons (Fsp3) is 0.282. The number of carboxylic acids is 1. The summed E-state index contributed by atoms with van der Waals surface area (Å²) >= 11 is 13.4. The number of fused-ring (bicyclic) bond motifs is 4. The molecule has 256 valence electrons. The van der Waals surface area contributed by atoms with Crippen molar-refractivity contribution in [2.75, 3.05) is 18.1 Å². The summed E-state index contributed by atoms with van der Waals surface area (Å²) in [5, 5.41) is 17.2. The molecular weight excluding hydrogens is 673 g/mol. The molecule has 0 bridgehead atoms. The molecule has 0 aliphatic carbocycles. The minimum Gasteiger partial charge on any atom is -0.494 e. The first-order valence-corrected chi connectivity index (χ1v) is 17.3. The molecule has 0 saturated carbocycles. The quantitative estimate of drug-likeness (QED) is 0.158. The SMILES string of the molecule is Cc1cc(OCCCc2c3n(c4c(-c5c(C)nn(C)c5C)c(Cl)ccc24)[C@H](C)CN(c2cccc4nc(C(=O)O)ccc24)C3=O)cc(C)c1Cl. The Morgan fingerprint density at radius 3 is 2.40 bits per heavy atom. The van der Waals surface area contributed by atoms with Gasteiger partial charge in [-0.2, -0.15) is 5.10 Å². The van der Waals surface area contributed by atoms with Crippen molar-refractivity contribution in [3.05, 3.63) is 104 Å². The Bertz CT molecular complexity index is 2350. The van der Waals surface area contributed by atoms with Crippen LogP contribution in [-0.2, 0) is 13.5 Å². The number of aromatic carboxylic acids is 1. The van der Waals surface area contributed by atoms with Crippen molar-refractivity contribution in [3.63, 3.8) is 0 Å². The second-order valence-corrected chi connectivity index (χ2v) is 13.9. The Kier molecular flexibility index (Phi) is 8.60. The molecule has 1 N–H and O–H groups in total. The van der Waals surface area contributed by atoms with Crippen LogP contribution in [0.5, 0.6) is 5.75 Å². The Hall–Kier alpha value is -4.86. The van der Waals surface area contributed by atoms with Gasteiger partial charge in [0.15, 0.2) is 0 Å². The van der Waals surface area contributed by atoms with Gasteiger partial charge in [0, 0.05) is 52.3 Å². The molecule has 0 fully saturated rings. The van der Waals surface area contributed by atoms with Crippen LogP contribution in [0.4, 0.5) is 5.69 Å². The van der Waals surface area contributed by atoms with Crippen molar-refractivity contribution < 1.29 is 19.4 Å². The van der Waals surface area contributed by atoms with Crippen molar-refractivity contribution in [2.24, 2.45) is 7.05 Å². The molecule has 50 heavy (non-hydrogen) atoms. The molecule has 4 heterocycles. The van der Waals surface area contributed by atoms with Crippen LogP contribution in [0.15, 0.2) is 54.6 Å². The van der Waals surface area contributed by atoms with E-state index in [1.54, 1.807) is 17.0 Å². The second kappa shape index (κ2) is 12.8. The first-order chi connectivity index (χ1) is 23.9. The van der Waals surface area contributed by atoms with Crippen LogP contribution < -0.4 is 9.64 Å². The highest BCUT2D eigenvalue weighted by molar-refractivity contribution is 6.35. The number of hydrogen-bond donors (Lipinski definition) is 1. The van der Waals surface area contributed by atoms with E-state index in [0.717, 1.165) is 60.9 Å². The monoisotopic (exact) mass is 709 g/mol. The maximum Gasteiger partial charge on any atom is 0.354 e. The molecule has 3 aromatic heterocycles. The fourth-order valence-corrected chi connectivity index (χ4v) is 7.79. The van der Waals surface area contributed by atoms with E-state index < -0.39 is 5.97 Å². The molecule has 6 aromatic rings. The maximum absolute atomic E-state index is 14.9. The van der Waals surface area contributed by atoms with Crippen molar-refractivity contribution in [1.29, 1.82) is 0 Å². The van der Waals surface area contributed by atoms with Gasteiger partial charge >= 0.3 is 5.97 Å². The highest BCUT2D eigenvalue weighted by Crippen LogP contribution is 2.45. The Morgan fingerprint density at radius 1 is 1.00 bits per heavy atom. The number of amides is 1. The van der Waals surface area contributed by atoms with Gasteiger partial charge in [-0.1, -0.05) is 35.3 Å². The summed E-state index contributed by atoms with van der Waals surface area (Å²) in [6.45, 7) is 10.9. The van der Waals surface area contributed by atoms with Crippen LogP contribution in [0.3, 0.4) is 0 Å². The number of carbonyl (C=O) groups excluding carboxylic acids is 1. The van der Waals surface area contributed by atoms with Crippen LogP contribution in [0.1, 0.15) is 68.4 Å². The molecule has 1 aliphatic rings. The number of hydrogen-bond acceptors (Lipinski definition) is 5. The van der Waals surface area contributed by atoms with Gasteiger partial charge in [-0.25, -0.2) is 9.78 Å². The lowest BCUT2D eigenvalue weighted by Gasteiger charge is -2.35. The topological polar surface area (TPSA) is 102 Å². The van der Waals surface area contributed by atoms with Crippen LogP contribution in [0.25, 0.3) is 32.9 Å². The average molecular weight is 711 g/mol. The third kappa shape index (κ3) is 5.49. The average Bonchev–Trinajstić information content (AvgIpc) is 3.55. The number of carboxylic acid groups (broad SMARTS) is 1. The van der Waals surface area contributed by atoms with Crippen LogP contribution in [0, 0.1) is 27.7 Å². The smallest absolute Gasteiger partial charge is 0.354 e. The summed E-state index contributed by atoms with van der Waals surface area (Å²) < 4.78 is 10.2. The number of anilines is 1. The molecule has 3 aromatic carbocycles. The largest absolute Gasteiger partial charge is 0.494 e. The van der Waals surface area contributed by atoms with E-state index >= 15 is 0 Å². The van der Waals surface area contributed by atoms with E-state index in [2.05, 4.69) is 16.5 Å². The Morgan fingerprint density at radius 2 is 1.72 bits per heavy atom. The summed E-state index contributed by atoms with van der Waals surface area (Å²) in [5.41, 5.74) is 9.18. The van der Waals surface area contributed by atoms with Gasteiger partial charge < -0.3 is 19.3 Å². The predicted octanol–water partition coefficient (Wildman–Crippen LogP) is 9.06. The van der Waals surface area contributed by atoms with Crippen molar-refractivity contribution in [2.45, 2.75) is 53.5 Å². The molecule has 9 nitrogen and oxygen atoms in total. The number of aryl methyl sites for hydroxylation is 5. The number of nitrogens with zero attached hydrogens (tertiary/aromatic N) is 5. The lowest BCUT2D eigenvalue weighted by molar-refractivity contribution is 0.0690. The van der Waals surface area contributed by atoms with Gasteiger partial charge in [0.1, 0.15) is 17.1 Å². The molecular formula is C39H37Cl2N5O4. The van der Waals surface area contributed by atoms with Crippen molar-refractivity contribution in [3.8, 4) is 16.9 Å². The maximum atomic E-state index is 14.9. The molecule has 1 amide bonds. The third-order valence-corrected chi connectivity index (χ3v) is 10.7. The van der Waals surface area contributed by atoms with Gasteiger partial charge in [0.2, 0.25) is 0 Å². The van der Waals surface area contributed by atoms with Gasteiger partial charge in [0.05, 0.1) is 34.0 Å². The molecule has 0 unspecified atom stereocenters. The number of carbonyl (C=O) groups is 2. The first-order valence-electron chi connectivity index (χ1n) is 16.6.